The fourth-order valence-electron chi connectivity index (χ4n) is 2.63. The van der Waals surface area contributed by atoms with Gasteiger partial charge in [0.2, 0.25) is 5.91 Å². The molecule has 2 rings (SSSR count). The zero-order valence-electron chi connectivity index (χ0n) is 16.1. The molecule has 6 nitrogen and oxygen atoms in total. The van der Waals surface area contributed by atoms with E-state index in [0.717, 1.165) is 6.92 Å². The molecule has 0 saturated carbocycles. The summed E-state index contributed by atoms with van der Waals surface area (Å²) in [5, 5.41) is 0. The van der Waals surface area contributed by atoms with Crippen molar-refractivity contribution in [3.8, 4) is 5.75 Å². The highest BCUT2D eigenvalue weighted by atomic mass is 19.3. The van der Waals surface area contributed by atoms with E-state index in [2.05, 4.69) is 23.1 Å². The van der Waals surface area contributed by atoms with Crippen LogP contribution in [-0.4, -0.2) is 52.7 Å². The summed E-state index contributed by atoms with van der Waals surface area (Å²) < 4.78 is 32.3. The molecular formula is C20H24F2N4O2. The third kappa shape index (κ3) is 5.48. The second kappa shape index (κ2) is 9.25. The van der Waals surface area contributed by atoms with Crippen LogP contribution in [0.4, 0.5) is 8.78 Å². The largest absolute Gasteiger partial charge is 0.452 e. The summed E-state index contributed by atoms with van der Waals surface area (Å²) in [5.41, 5.74) is -0.337. The zero-order chi connectivity index (χ0) is 20.7. The van der Waals surface area contributed by atoms with Crippen LogP contribution in [0.1, 0.15) is 19.5 Å². The summed E-state index contributed by atoms with van der Waals surface area (Å²) in [6, 6.07) is 2.63. The minimum absolute atomic E-state index is 0.111. The number of amides is 1. The molecule has 0 atom stereocenters. The van der Waals surface area contributed by atoms with Crippen molar-refractivity contribution in [3.05, 3.63) is 61.3 Å². The highest BCUT2D eigenvalue weighted by Crippen LogP contribution is 2.26. The summed E-state index contributed by atoms with van der Waals surface area (Å²) in [7, 11) is 0. The fraction of sp³-hybridized carbons (Fsp3) is 0.350. The van der Waals surface area contributed by atoms with Crippen molar-refractivity contribution in [2.24, 2.45) is 4.99 Å². The third-order valence-electron chi connectivity index (χ3n) is 4.09. The maximum absolute atomic E-state index is 13.3. The Hall–Kier alpha value is -3.03. The molecule has 28 heavy (non-hydrogen) atoms. The first-order valence-electron chi connectivity index (χ1n) is 8.83. The first kappa shape index (κ1) is 21.3. The van der Waals surface area contributed by atoms with E-state index in [1.165, 1.54) is 24.4 Å². The van der Waals surface area contributed by atoms with Gasteiger partial charge in [0.1, 0.15) is 11.4 Å². The lowest BCUT2D eigenvalue weighted by Crippen LogP contribution is -2.50. The number of ether oxygens (including phenoxy) is 1. The van der Waals surface area contributed by atoms with Gasteiger partial charge in [-0.25, -0.2) is 4.99 Å². The van der Waals surface area contributed by atoms with Crippen molar-refractivity contribution in [1.29, 1.82) is 0 Å². The molecule has 0 spiro atoms. The SMILES string of the molecule is C=CC(=O)N1CCN(/C(=N/C=C\C)C(=C)Oc2ccc(C(C)(F)F)nc2)CC1. The number of halogens is 2. The molecule has 1 aliphatic rings. The van der Waals surface area contributed by atoms with Crippen LogP contribution < -0.4 is 4.74 Å². The number of hydrogen-bond acceptors (Lipinski definition) is 4. The molecule has 1 aromatic rings. The standard InChI is InChI=1S/C20H24F2N4O2/c1-5-9-23-19(26-12-10-25(11-13-26)18(27)6-2)15(3)28-16-7-8-17(24-14-16)20(4,21)22/h5-9,14H,2-3,10-13H2,1,4H3/b9-5-,23-19+. The molecular weight excluding hydrogens is 366 g/mol. The Morgan fingerprint density at radius 2 is 1.93 bits per heavy atom. The summed E-state index contributed by atoms with van der Waals surface area (Å²) in [6.07, 6.45) is 5.91. The number of allylic oxidation sites excluding steroid dienone is 1. The van der Waals surface area contributed by atoms with Crippen LogP contribution in [0.5, 0.6) is 5.75 Å². The summed E-state index contributed by atoms with van der Waals surface area (Å²) >= 11 is 0. The van der Waals surface area contributed by atoms with E-state index in [1.54, 1.807) is 17.2 Å². The van der Waals surface area contributed by atoms with Gasteiger partial charge in [0.15, 0.2) is 11.6 Å². The van der Waals surface area contributed by atoms with Gasteiger partial charge in [-0.3, -0.25) is 9.78 Å². The monoisotopic (exact) mass is 390 g/mol. The number of nitrogens with zero attached hydrogens (tertiary/aromatic N) is 4. The Morgan fingerprint density at radius 1 is 1.29 bits per heavy atom. The van der Waals surface area contributed by atoms with Gasteiger partial charge in [0.05, 0.1) is 6.20 Å². The topological polar surface area (TPSA) is 58.0 Å². The van der Waals surface area contributed by atoms with E-state index >= 15 is 0 Å². The molecule has 1 aromatic heterocycles. The number of piperazine rings is 1. The zero-order valence-corrected chi connectivity index (χ0v) is 16.1. The lowest BCUT2D eigenvalue weighted by molar-refractivity contribution is -0.127. The first-order chi connectivity index (χ1) is 13.3. The number of carbonyl (C=O) groups is 1. The molecule has 1 fully saturated rings. The normalized spacial score (nSPS) is 15.6. The van der Waals surface area contributed by atoms with E-state index in [-0.39, 0.29) is 23.1 Å². The number of rotatable bonds is 6. The molecule has 8 heteroatoms. The minimum Gasteiger partial charge on any atom is -0.452 e. The third-order valence-corrected chi connectivity index (χ3v) is 4.09. The molecule has 0 aromatic carbocycles. The van der Waals surface area contributed by atoms with Crippen molar-refractivity contribution in [3.63, 3.8) is 0 Å². The lowest BCUT2D eigenvalue weighted by atomic mass is 10.2. The van der Waals surface area contributed by atoms with Crippen molar-refractivity contribution < 1.29 is 18.3 Å². The highest BCUT2D eigenvalue weighted by molar-refractivity contribution is 5.97. The molecule has 0 radical (unpaired) electrons. The number of alkyl halides is 2. The van der Waals surface area contributed by atoms with Crippen molar-refractivity contribution in [2.75, 3.05) is 26.2 Å². The van der Waals surface area contributed by atoms with Crippen LogP contribution in [0.25, 0.3) is 0 Å². The molecule has 0 N–H and O–H groups in total. The van der Waals surface area contributed by atoms with Crippen molar-refractivity contribution >= 4 is 11.7 Å². The van der Waals surface area contributed by atoms with Gasteiger partial charge in [0.25, 0.3) is 5.92 Å². The van der Waals surface area contributed by atoms with E-state index in [0.29, 0.717) is 32.0 Å². The Balaban J connectivity index is 2.10. The molecule has 1 aliphatic heterocycles. The van der Waals surface area contributed by atoms with Crippen LogP contribution >= 0.6 is 0 Å². The number of aliphatic imine (C=N–C) groups is 1. The molecule has 0 aliphatic carbocycles. The maximum atomic E-state index is 13.3. The van der Waals surface area contributed by atoms with E-state index in [4.69, 9.17) is 4.74 Å². The van der Waals surface area contributed by atoms with Gasteiger partial charge in [-0.1, -0.05) is 19.2 Å². The van der Waals surface area contributed by atoms with Gasteiger partial charge in [-0.15, -0.1) is 0 Å². The molecule has 1 saturated heterocycles. The van der Waals surface area contributed by atoms with Crippen molar-refractivity contribution in [2.45, 2.75) is 19.8 Å². The average molecular weight is 390 g/mol. The Morgan fingerprint density at radius 3 is 2.43 bits per heavy atom. The first-order valence-corrected chi connectivity index (χ1v) is 8.83. The second-order valence-electron chi connectivity index (χ2n) is 6.24. The number of pyridine rings is 1. The smallest absolute Gasteiger partial charge is 0.286 e. The quantitative estimate of drug-likeness (QED) is 0.324. The summed E-state index contributed by atoms with van der Waals surface area (Å²) in [5.74, 6) is -2.07. The van der Waals surface area contributed by atoms with E-state index < -0.39 is 5.92 Å². The second-order valence-corrected chi connectivity index (χ2v) is 6.24. The Kier molecular flexibility index (Phi) is 7.03. The molecule has 0 bridgehead atoms. The fourth-order valence-corrected chi connectivity index (χ4v) is 2.63. The highest BCUT2D eigenvalue weighted by Gasteiger charge is 2.26. The molecule has 1 amide bonds. The number of carbonyl (C=O) groups excluding carboxylic acids is 1. The van der Waals surface area contributed by atoms with Crippen LogP contribution in [-0.2, 0) is 10.7 Å². The van der Waals surface area contributed by atoms with E-state index in [9.17, 15) is 13.6 Å². The van der Waals surface area contributed by atoms with Gasteiger partial charge >= 0.3 is 0 Å². The molecule has 150 valence electrons. The van der Waals surface area contributed by atoms with Crippen LogP contribution in [0.3, 0.4) is 0 Å². The predicted molar refractivity (Wildman–Crippen MR) is 104 cm³/mol. The van der Waals surface area contributed by atoms with Crippen LogP contribution in [0.15, 0.2) is 60.6 Å². The van der Waals surface area contributed by atoms with Gasteiger partial charge in [-0.05, 0) is 25.1 Å². The van der Waals surface area contributed by atoms with Crippen molar-refractivity contribution in [1.82, 2.24) is 14.8 Å². The summed E-state index contributed by atoms with van der Waals surface area (Å²) in [4.78, 5) is 23.5. The van der Waals surface area contributed by atoms with Crippen LogP contribution in [0.2, 0.25) is 0 Å². The summed E-state index contributed by atoms with van der Waals surface area (Å²) in [6.45, 7) is 12.2. The Labute approximate surface area is 163 Å². The average Bonchev–Trinajstić information content (AvgIpc) is 2.68. The minimum atomic E-state index is -3.02. The van der Waals surface area contributed by atoms with Gasteiger partial charge in [-0.2, -0.15) is 8.78 Å². The lowest BCUT2D eigenvalue weighted by Gasteiger charge is -2.36. The maximum Gasteiger partial charge on any atom is 0.286 e. The van der Waals surface area contributed by atoms with Crippen LogP contribution in [0, 0.1) is 0 Å². The number of hydrogen-bond donors (Lipinski definition) is 0. The predicted octanol–water partition coefficient (Wildman–Crippen LogP) is 3.35. The van der Waals surface area contributed by atoms with E-state index in [1.807, 2.05) is 11.8 Å². The molecule has 2 heterocycles. The molecule has 0 unspecified atom stereocenters. The van der Waals surface area contributed by atoms with Gasteiger partial charge < -0.3 is 14.5 Å². The number of aromatic nitrogens is 1. The number of amidine groups is 1. The van der Waals surface area contributed by atoms with Gasteiger partial charge in [0, 0.05) is 39.3 Å². The Bertz CT molecular complexity index is 774.